The van der Waals surface area contributed by atoms with Gasteiger partial charge in [0, 0.05) is 6.20 Å². The third kappa shape index (κ3) is 1.76. The number of aromatic nitrogens is 1. The Morgan fingerprint density at radius 3 is 2.36 bits per heavy atom. The van der Waals surface area contributed by atoms with Crippen LogP contribution in [0.25, 0.3) is 0 Å². The number of pyridine rings is 1. The van der Waals surface area contributed by atoms with Crippen LogP contribution in [0.15, 0.2) is 12.4 Å². The van der Waals surface area contributed by atoms with Gasteiger partial charge in [0.25, 0.3) is 0 Å². The van der Waals surface area contributed by atoms with Crippen molar-refractivity contribution in [1.29, 1.82) is 0 Å². The molecule has 14 heavy (non-hydrogen) atoms. The van der Waals surface area contributed by atoms with E-state index in [-0.39, 0.29) is 0 Å². The number of nitrogen functional groups attached to an aromatic ring is 1. The minimum Gasteiger partial charge on any atom is -0.478 e. The number of carboxylic acid groups (broad SMARTS) is 1. The molecule has 0 fully saturated rings. The van der Waals surface area contributed by atoms with Crippen molar-refractivity contribution >= 4 is 11.7 Å². The van der Waals surface area contributed by atoms with Crippen LogP contribution in [0.1, 0.15) is 15.9 Å². The topological polar surface area (TPSA) is 76.2 Å². The van der Waals surface area contributed by atoms with E-state index >= 15 is 0 Å². The van der Waals surface area contributed by atoms with Crippen molar-refractivity contribution in [1.82, 2.24) is 4.98 Å². The van der Waals surface area contributed by atoms with Crippen molar-refractivity contribution in [3.63, 3.8) is 0 Å². The smallest absolute Gasteiger partial charge is 0.419 e. The highest BCUT2D eigenvalue weighted by molar-refractivity contribution is 5.90. The number of aromatic carboxylic acids is 1. The van der Waals surface area contributed by atoms with E-state index in [9.17, 15) is 18.0 Å². The van der Waals surface area contributed by atoms with E-state index in [2.05, 4.69) is 4.98 Å². The molecule has 3 N–H and O–H groups in total. The third-order valence-corrected chi connectivity index (χ3v) is 1.49. The van der Waals surface area contributed by atoms with E-state index in [1.54, 1.807) is 0 Å². The Bertz CT molecular complexity index is 376. The van der Waals surface area contributed by atoms with Crippen LogP contribution >= 0.6 is 0 Å². The van der Waals surface area contributed by atoms with Crippen LogP contribution in [0.4, 0.5) is 18.9 Å². The van der Waals surface area contributed by atoms with Gasteiger partial charge in [0.15, 0.2) is 0 Å². The Morgan fingerprint density at radius 2 is 2.00 bits per heavy atom. The van der Waals surface area contributed by atoms with E-state index in [0.717, 1.165) is 6.20 Å². The fourth-order valence-electron chi connectivity index (χ4n) is 0.955. The van der Waals surface area contributed by atoms with Crippen LogP contribution in [-0.4, -0.2) is 16.1 Å². The molecule has 0 unspecified atom stereocenters. The number of carboxylic acids is 1. The molecule has 0 aromatic carbocycles. The molecule has 0 aliphatic rings. The second-order valence-corrected chi connectivity index (χ2v) is 2.45. The number of anilines is 1. The standard InChI is InChI=1S/C7H5F3N2O2/c8-7(9,10)5-3(6(13)14)1-12-2-4(5)11/h1-2H,11H2,(H,13,14). The molecule has 0 radical (unpaired) electrons. The first kappa shape index (κ1) is 10.3. The van der Waals surface area contributed by atoms with Crippen LogP contribution < -0.4 is 5.73 Å². The second-order valence-electron chi connectivity index (χ2n) is 2.45. The van der Waals surface area contributed by atoms with Crippen molar-refractivity contribution in [3.05, 3.63) is 23.5 Å². The van der Waals surface area contributed by atoms with E-state index < -0.39 is 29.0 Å². The fourth-order valence-corrected chi connectivity index (χ4v) is 0.955. The summed E-state index contributed by atoms with van der Waals surface area (Å²) >= 11 is 0. The molecule has 4 nitrogen and oxygen atoms in total. The molecule has 0 aliphatic carbocycles. The fraction of sp³-hybridized carbons (Fsp3) is 0.143. The average molecular weight is 206 g/mol. The molecule has 0 saturated heterocycles. The SMILES string of the molecule is Nc1cncc(C(=O)O)c1C(F)(F)F. The predicted molar refractivity (Wildman–Crippen MR) is 40.6 cm³/mol. The monoisotopic (exact) mass is 206 g/mol. The maximum Gasteiger partial charge on any atom is 0.419 e. The van der Waals surface area contributed by atoms with Gasteiger partial charge >= 0.3 is 12.1 Å². The molecule has 0 amide bonds. The first-order chi connectivity index (χ1) is 6.34. The normalized spacial score (nSPS) is 11.4. The summed E-state index contributed by atoms with van der Waals surface area (Å²) in [6.45, 7) is 0. The maximum absolute atomic E-state index is 12.3. The highest BCUT2D eigenvalue weighted by Crippen LogP contribution is 2.35. The molecule has 1 heterocycles. The zero-order valence-electron chi connectivity index (χ0n) is 6.67. The maximum atomic E-state index is 12.3. The van der Waals surface area contributed by atoms with Crippen molar-refractivity contribution < 1.29 is 23.1 Å². The van der Waals surface area contributed by atoms with Gasteiger partial charge in [-0.2, -0.15) is 13.2 Å². The number of nitrogens with two attached hydrogens (primary N) is 1. The third-order valence-electron chi connectivity index (χ3n) is 1.49. The van der Waals surface area contributed by atoms with Gasteiger partial charge in [0.1, 0.15) is 0 Å². The molecule has 1 aromatic rings. The predicted octanol–water partition coefficient (Wildman–Crippen LogP) is 1.38. The Labute approximate surface area is 76.2 Å². The number of nitrogens with zero attached hydrogens (tertiary/aromatic N) is 1. The van der Waals surface area contributed by atoms with Gasteiger partial charge in [-0.25, -0.2) is 4.79 Å². The molecule has 0 bridgehead atoms. The molecule has 0 saturated carbocycles. The average Bonchev–Trinajstić information content (AvgIpc) is 2.01. The largest absolute Gasteiger partial charge is 0.478 e. The first-order valence-corrected chi connectivity index (χ1v) is 3.38. The van der Waals surface area contributed by atoms with Crippen LogP contribution in [0.5, 0.6) is 0 Å². The van der Waals surface area contributed by atoms with E-state index in [1.165, 1.54) is 0 Å². The second kappa shape index (κ2) is 3.17. The van der Waals surface area contributed by atoms with Crippen molar-refractivity contribution in [2.45, 2.75) is 6.18 Å². The van der Waals surface area contributed by atoms with Gasteiger partial charge < -0.3 is 10.8 Å². The quantitative estimate of drug-likeness (QED) is 0.727. The van der Waals surface area contributed by atoms with Crippen molar-refractivity contribution in [3.8, 4) is 0 Å². The van der Waals surface area contributed by atoms with Gasteiger partial charge in [-0.3, -0.25) is 4.98 Å². The molecular weight excluding hydrogens is 201 g/mol. The van der Waals surface area contributed by atoms with E-state index in [4.69, 9.17) is 10.8 Å². The lowest BCUT2D eigenvalue weighted by Gasteiger charge is -2.11. The highest BCUT2D eigenvalue weighted by atomic mass is 19.4. The number of alkyl halides is 3. The van der Waals surface area contributed by atoms with Crippen LogP contribution in [0.3, 0.4) is 0 Å². The summed E-state index contributed by atoms with van der Waals surface area (Å²) in [7, 11) is 0. The summed E-state index contributed by atoms with van der Waals surface area (Å²) in [5.74, 6) is -1.71. The van der Waals surface area contributed by atoms with E-state index in [0.29, 0.717) is 6.20 Å². The number of hydrogen-bond acceptors (Lipinski definition) is 3. The Balaban J connectivity index is 3.45. The Morgan fingerprint density at radius 1 is 1.43 bits per heavy atom. The first-order valence-electron chi connectivity index (χ1n) is 3.38. The summed E-state index contributed by atoms with van der Waals surface area (Å²) < 4.78 is 36.9. The molecule has 1 aromatic heterocycles. The number of halogens is 3. The molecular formula is C7H5F3N2O2. The van der Waals surface area contributed by atoms with Crippen molar-refractivity contribution in [2.24, 2.45) is 0 Å². The lowest BCUT2D eigenvalue weighted by atomic mass is 10.1. The number of rotatable bonds is 1. The molecule has 0 atom stereocenters. The zero-order valence-corrected chi connectivity index (χ0v) is 6.67. The summed E-state index contributed by atoms with van der Waals surface area (Å²) in [6, 6.07) is 0. The van der Waals surface area contributed by atoms with Crippen LogP contribution in [-0.2, 0) is 6.18 Å². The van der Waals surface area contributed by atoms with E-state index in [1.807, 2.05) is 0 Å². The van der Waals surface area contributed by atoms with Gasteiger partial charge in [0.05, 0.1) is 23.0 Å². The van der Waals surface area contributed by atoms with Gasteiger partial charge in [-0.1, -0.05) is 0 Å². The molecule has 7 heteroatoms. The minimum absolute atomic E-state index is 0.613. The summed E-state index contributed by atoms with van der Waals surface area (Å²) in [4.78, 5) is 13.7. The van der Waals surface area contributed by atoms with Gasteiger partial charge in [-0.05, 0) is 0 Å². The summed E-state index contributed by atoms with van der Waals surface area (Å²) in [5, 5.41) is 8.46. The highest BCUT2D eigenvalue weighted by Gasteiger charge is 2.37. The van der Waals surface area contributed by atoms with Crippen LogP contribution in [0, 0.1) is 0 Å². The molecule has 0 aliphatic heterocycles. The summed E-state index contributed by atoms with van der Waals surface area (Å²) in [5.41, 5.74) is 1.99. The Kier molecular flexibility index (Phi) is 2.33. The van der Waals surface area contributed by atoms with Gasteiger partial charge in [0.2, 0.25) is 0 Å². The van der Waals surface area contributed by atoms with Crippen molar-refractivity contribution in [2.75, 3.05) is 5.73 Å². The minimum atomic E-state index is -4.79. The number of hydrogen-bond donors (Lipinski definition) is 2. The number of carbonyl (C=O) groups is 1. The lowest BCUT2D eigenvalue weighted by Crippen LogP contribution is -2.16. The molecule has 76 valence electrons. The molecule has 0 spiro atoms. The Hall–Kier alpha value is -1.79. The summed E-state index contributed by atoms with van der Waals surface area (Å²) in [6.07, 6.45) is -3.42. The zero-order chi connectivity index (χ0) is 10.9. The van der Waals surface area contributed by atoms with Crippen LogP contribution in [0.2, 0.25) is 0 Å². The molecule has 1 rings (SSSR count). The van der Waals surface area contributed by atoms with Gasteiger partial charge in [-0.15, -0.1) is 0 Å². The lowest BCUT2D eigenvalue weighted by molar-refractivity contribution is -0.137.